The summed E-state index contributed by atoms with van der Waals surface area (Å²) in [4.78, 5) is 26.5. The maximum absolute atomic E-state index is 14.1. The van der Waals surface area contributed by atoms with Crippen molar-refractivity contribution < 1.29 is 18.4 Å². The molecule has 1 heterocycles. The molecule has 0 saturated carbocycles. The van der Waals surface area contributed by atoms with Gasteiger partial charge in [0.15, 0.2) is 0 Å². The Bertz CT molecular complexity index is 849. The second-order valence-electron chi connectivity index (χ2n) is 5.04. The summed E-state index contributed by atoms with van der Waals surface area (Å²) in [5, 5.41) is 0. The number of anilines is 1. The second-order valence-corrected chi connectivity index (χ2v) is 6.32. The number of imide groups is 1. The first kappa shape index (κ1) is 16.4. The first-order valence-electron chi connectivity index (χ1n) is 7.31. The van der Waals surface area contributed by atoms with E-state index in [1.807, 2.05) is 6.92 Å². The van der Waals surface area contributed by atoms with E-state index in [9.17, 15) is 18.4 Å². The van der Waals surface area contributed by atoms with Crippen LogP contribution >= 0.6 is 11.8 Å². The highest BCUT2D eigenvalue weighted by molar-refractivity contribution is 8.04. The summed E-state index contributed by atoms with van der Waals surface area (Å²) in [5.41, 5.74) is 0.423. The van der Waals surface area contributed by atoms with E-state index >= 15 is 0 Å². The van der Waals surface area contributed by atoms with Crippen molar-refractivity contribution in [2.24, 2.45) is 0 Å². The van der Waals surface area contributed by atoms with Crippen LogP contribution in [0.5, 0.6) is 0 Å². The van der Waals surface area contributed by atoms with Crippen LogP contribution in [0.15, 0.2) is 53.4 Å². The number of hydrogen-bond donors (Lipinski definition) is 0. The van der Waals surface area contributed by atoms with Gasteiger partial charge in [0.1, 0.15) is 11.6 Å². The minimum atomic E-state index is -0.826. The van der Waals surface area contributed by atoms with Crippen LogP contribution in [0.2, 0.25) is 0 Å². The fourth-order valence-corrected chi connectivity index (χ4v) is 3.38. The molecule has 1 aliphatic heterocycles. The van der Waals surface area contributed by atoms with Crippen LogP contribution in [-0.4, -0.2) is 17.6 Å². The number of amides is 2. The predicted molar refractivity (Wildman–Crippen MR) is 90.3 cm³/mol. The minimum Gasteiger partial charge on any atom is -0.268 e. The third kappa shape index (κ3) is 2.73. The molecule has 0 saturated heterocycles. The molecule has 0 radical (unpaired) electrons. The Kier molecular flexibility index (Phi) is 4.49. The van der Waals surface area contributed by atoms with Gasteiger partial charge < -0.3 is 0 Å². The summed E-state index contributed by atoms with van der Waals surface area (Å²) >= 11 is 1.21. The maximum Gasteiger partial charge on any atom is 0.272 e. The number of thioether (sulfide) groups is 1. The van der Waals surface area contributed by atoms with Crippen LogP contribution in [0.25, 0.3) is 5.57 Å². The minimum absolute atomic E-state index is 0.219. The maximum atomic E-state index is 14.1. The van der Waals surface area contributed by atoms with Crippen molar-refractivity contribution in [1.82, 2.24) is 0 Å². The van der Waals surface area contributed by atoms with Crippen molar-refractivity contribution in [3.8, 4) is 0 Å². The number of carbonyl (C=O) groups excluding carboxylic acids is 2. The summed E-state index contributed by atoms with van der Waals surface area (Å²) in [6.45, 7) is 1.85. The number of halogens is 2. The van der Waals surface area contributed by atoms with Gasteiger partial charge in [-0.3, -0.25) is 9.59 Å². The molecule has 0 aliphatic carbocycles. The Morgan fingerprint density at radius 3 is 2.38 bits per heavy atom. The highest BCUT2D eigenvalue weighted by Crippen LogP contribution is 2.39. The first-order valence-corrected chi connectivity index (χ1v) is 8.29. The lowest BCUT2D eigenvalue weighted by Gasteiger charge is -2.16. The van der Waals surface area contributed by atoms with E-state index in [0.717, 1.165) is 18.2 Å². The Balaban J connectivity index is 2.13. The predicted octanol–water partition coefficient (Wildman–Crippen LogP) is 4.00. The average molecular weight is 345 g/mol. The fraction of sp³-hybridized carbons (Fsp3) is 0.111. The van der Waals surface area contributed by atoms with Gasteiger partial charge in [-0.15, -0.1) is 11.8 Å². The monoisotopic (exact) mass is 345 g/mol. The first-order chi connectivity index (χ1) is 11.5. The molecule has 0 atom stereocenters. The molecule has 1 aliphatic rings. The lowest BCUT2D eigenvalue weighted by atomic mass is 10.1. The molecule has 2 aromatic carbocycles. The summed E-state index contributed by atoms with van der Waals surface area (Å²) in [5.74, 6) is -2.25. The van der Waals surface area contributed by atoms with Crippen LogP contribution in [-0.2, 0) is 9.59 Å². The molecule has 0 unspecified atom stereocenters. The molecule has 0 fully saturated rings. The van der Waals surface area contributed by atoms with Gasteiger partial charge in [-0.25, -0.2) is 13.7 Å². The lowest BCUT2D eigenvalue weighted by molar-refractivity contribution is -0.119. The molecule has 0 aromatic heterocycles. The van der Waals surface area contributed by atoms with Crippen LogP contribution < -0.4 is 4.90 Å². The van der Waals surface area contributed by atoms with E-state index < -0.39 is 23.4 Å². The Hall–Kier alpha value is -2.47. The van der Waals surface area contributed by atoms with Crippen molar-refractivity contribution in [3.63, 3.8) is 0 Å². The molecular formula is C18H13F2NO2S. The third-order valence-corrected chi connectivity index (χ3v) is 4.50. The summed E-state index contributed by atoms with van der Waals surface area (Å²) in [6, 6.07) is 11.4. The van der Waals surface area contributed by atoms with Gasteiger partial charge in [0.25, 0.3) is 11.8 Å². The molecule has 6 heteroatoms. The second kappa shape index (κ2) is 6.57. The van der Waals surface area contributed by atoms with Gasteiger partial charge >= 0.3 is 0 Å². The summed E-state index contributed by atoms with van der Waals surface area (Å²) in [6.07, 6.45) is 0. The fourth-order valence-electron chi connectivity index (χ4n) is 2.52. The number of benzene rings is 2. The topological polar surface area (TPSA) is 37.4 Å². The molecule has 2 amide bonds. The standard InChI is InChI=1S/C18H13F2NO2S/c1-2-24-16-15(11-6-4-3-5-7-11)17(22)21(18(16)23)14-10-12(19)8-9-13(14)20/h3-10H,2H2,1H3. The molecule has 3 rings (SSSR count). The Morgan fingerprint density at radius 2 is 1.71 bits per heavy atom. The van der Waals surface area contributed by atoms with Crippen molar-refractivity contribution in [1.29, 1.82) is 0 Å². The van der Waals surface area contributed by atoms with Crippen molar-refractivity contribution in [2.45, 2.75) is 6.92 Å². The van der Waals surface area contributed by atoms with E-state index in [1.165, 1.54) is 11.8 Å². The summed E-state index contributed by atoms with van der Waals surface area (Å²) < 4.78 is 27.6. The average Bonchev–Trinajstić information content (AvgIpc) is 2.82. The van der Waals surface area contributed by atoms with Crippen LogP contribution in [0.3, 0.4) is 0 Å². The smallest absolute Gasteiger partial charge is 0.268 e. The number of nitrogens with zero attached hydrogens (tertiary/aromatic N) is 1. The molecule has 0 N–H and O–H groups in total. The van der Waals surface area contributed by atoms with Gasteiger partial charge in [-0.1, -0.05) is 37.3 Å². The normalized spacial score (nSPS) is 14.7. The third-order valence-electron chi connectivity index (χ3n) is 3.54. The summed E-state index contributed by atoms with van der Waals surface area (Å²) in [7, 11) is 0. The van der Waals surface area contributed by atoms with Gasteiger partial charge in [0.2, 0.25) is 0 Å². The molecule has 0 bridgehead atoms. The van der Waals surface area contributed by atoms with E-state index in [2.05, 4.69) is 0 Å². The van der Waals surface area contributed by atoms with Crippen LogP contribution in [0, 0.1) is 11.6 Å². The van der Waals surface area contributed by atoms with Gasteiger partial charge in [0.05, 0.1) is 16.2 Å². The molecule has 24 heavy (non-hydrogen) atoms. The highest BCUT2D eigenvalue weighted by atomic mass is 32.2. The van der Waals surface area contributed by atoms with E-state index in [1.54, 1.807) is 30.3 Å². The van der Waals surface area contributed by atoms with Gasteiger partial charge in [-0.05, 0) is 23.4 Å². The zero-order valence-electron chi connectivity index (χ0n) is 12.8. The Morgan fingerprint density at radius 1 is 1.00 bits per heavy atom. The molecule has 0 spiro atoms. The number of hydrogen-bond acceptors (Lipinski definition) is 3. The van der Waals surface area contributed by atoms with Gasteiger partial charge in [0, 0.05) is 6.07 Å². The Labute approximate surface area is 142 Å². The quantitative estimate of drug-likeness (QED) is 0.786. The van der Waals surface area contributed by atoms with Crippen molar-refractivity contribution in [3.05, 3.63) is 70.6 Å². The number of carbonyl (C=O) groups is 2. The zero-order chi connectivity index (χ0) is 17.3. The van der Waals surface area contributed by atoms with Crippen molar-refractivity contribution >= 4 is 34.8 Å². The van der Waals surface area contributed by atoms with Gasteiger partial charge in [-0.2, -0.15) is 0 Å². The largest absolute Gasteiger partial charge is 0.272 e. The van der Waals surface area contributed by atoms with E-state index in [0.29, 0.717) is 16.2 Å². The lowest BCUT2D eigenvalue weighted by Crippen LogP contribution is -2.32. The van der Waals surface area contributed by atoms with Crippen molar-refractivity contribution in [2.75, 3.05) is 10.7 Å². The molecule has 122 valence electrons. The van der Waals surface area contributed by atoms with Crippen LogP contribution in [0.4, 0.5) is 14.5 Å². The van der Waals surface area contributed by atoms with Crippen LogP contribution in [0.1, 0.15) is 12.5 Å². The molecule has 2 aromatic rings. The molecule has 3 nitrogen and oxygen atoms in total. The van der Waals surface area contributed by atoms with E-state index in [4.69, 9.17) is 0 Å². The SMILES string of the molecule is CCSC1=C(c2ccccc2)C(=O)N(c2cc(F)ccc2F)C1=O. The zero-order valence-corrected chi connectivity index (χ0v) is 13.6. The molecular weight excluding hydrogens is 332 g/mol. The highest BCUT2D eigenvalue weighted by Gasteiger charge is 2.41. The number of rotatable bonds is 4. The van der Waals surface area contributed by atoms with E-state index in [-0.39, 0.29) is 16.2 Å².